The van der Waals surface area contributed by atoms with Crippen molar-refractivity contribution in [3.05, 3.63) is 82.4 Å². The van der Waals surface area contributed by atoms with E-state index in [1.165, 1.54) is 0 Å². The topological polar surface area (TPSA) is 33.1 Å². The van der Waals surface area contributed by atoms with Crippen molar-refractivity contribution in [2.45, 2.75) is 12.1 Å². The van der Waals surface area contributed by atoms with Crippen LogP contribution >= 0.6 is 35.4 Å². The molecule has 0 aliphatic carbocycles. The summed E-state index contributed by atoms with van der Waals surface area (Å²) < 4.78 is 2.07. The number of likely N-dealkylation sites (N-methyl/N-ethyl adjacent to an activating group) is 1. The van der Waals surface area contributed by atoms with Crippen LogP contribution in [-0.4, -0.2) is 26.6 Å². The van der Waals surface area contributed by atoms with Crippen LogP contribution in [0.2, 0.25) is 10.0 Å². The molecular weight excluding hydrogens is 387 g/mol. The van der Waals surface area contributed by atoms with Gasteiger partial charge in [-0.05, 0) is 54.7 Å². The number of rotatable bonds is 3. The predicted octanol–water partition coefficient (Wildman–Crippen LogP) is 4.78. The summed E-state index contributed by atoms with van der Waals surface area (Å²) in [5.74, 6) is 0. The first kappa shape index (κ1) is 17.3. The Balaban J connectivity index is 1.81. The largest absolute Gasteiger partial charge is 0.352 e. The molecule has 7 heteroatoms. The summed E-state index contributed by atoms with van der Waals surface area (Å²) in [7, 11) is 1.99. The van der Waals surface area contributed by atoms with Crippen molar-refractivity contribution in [3.8, 4) is 5.69 Å². The molecule has 0 saturated carbocycles. The van der Waals surface area contributed by atoms with Crippen LogP contribution in [0.15, 0.2) is 60.9 Å². The SMILES string of the molecule is CN1C(=S)N[C@@H](c2ccccn2)[C@H]1c1cccn1-c1ccc(Cl)cc1Cl. The standard InChI is InChI=1S/C19H16Cl2N4S/c1-24-18(17(23-19(24)26)14-5-2-3-9-22-14)16-6-4-10-25(16)15-8-7-12(20)11-13(15)21/h2-11,17-18H,1H3,(H,23,26)/t17-,18+/m0/s1. The third-order valence-electron chi connectivity index (χ3n) is 4.59. The molecule has 4 rings (SSSR count). The van der Waals surface area contributed by atoms with Crippen molar-refractivity contribution in [2.75, 3.05) is 7.05 Å². The van der Waals surface area contributed by atoms with Crippen LogP contribution < -0.4 is 5.32 Å². The number of benzene rings is 1. The summed E-state index contributed by atoms with van der Waals surface area (Å²) in [6.07, 6.45) is 3.79. The molecule has 3 heterocycles. The van der Waals surface area contributed by atoms with E-state index in [1.54, 1.807) is 12.3 Å². The Kier molecular flexibility index (Phi) is 4.61. The van der Waals surface area contributed by atoms with Crippen LogP contribution in [0.1, 0.15) is 23.5 Å². The minimum atomic E-state index is -0.0478. The second-order valence-corrected chi connectivity index (χ2v) is 7.37. The molecule has 1 saturated heterocycles. The third-order valence-corrected chi connectivity index (χ3v) is 5.53. The Morgan fingerprint density at radius 2 is 1.96 bits per heavy atom. The zero-order chi connectivity index (χ0) is 18.3. The van der Waals surface area contributed by atoms with Crippen LogP contribution in [0, 0.1) is 0 Å². The highest BCUT2D eigenvalue weighted by atomic mass is 35.5. The van der Waals surface area contributed by atoms with Crippen molar-refractivity contribution in [2.24, 2.45) is 0 Å². The fourth-order valence-corrected chi connectivity index (χ4v) is 4.10. The van der Waals surface area contributed by atoms with Gasteiger partial charge < -0.3 is 14.8 Å². The lowest BCUT2D eigenvalue weighted by Gasteiger charge is -2.26. The summed E-state index contributed by atoms with van der Waals surface area (Å²) in [5.41, 5.74) is 2.89. The lowest BCUT2D eigenvalue weighted by Crippen LogP contribution is -2.25. The molecule has 0 amide bonds. The summed E-state index contributed by atoms with van der Waals surface area (Å²) >= 11 is 18.0. The first-order valence-electron chi connectivity index (χ1n) is 8.13. The number of aromatic nitrogens is 2. The summed E-state index contributed by atoms with van der Waals surface area (Å²) in [6, 6.07) is 15.4. The van der Waals surface area contributed by atoms with Gasteiger partial charge in [-0.15, -0.1) is 0 Å². The molecule has 2 aromatic heterocycles. The maximum Gasteiger partial charge on any atom is 0.169 e. The minimum Gasteiger partial charge on any atom is -0.352 e. The van der Waals surface area contributed by atoms with E-state index in [1.807, 2.05) is 49.6 Å². The van der Waals surface area contributed by atoms with Crippen LogP contribution in [-0.2, 0) is 0 Å². The zero-order valence-corrected chi connectivity index (χ0v) is 16.3. The highest BCUT2D eigenvalue weighted by molar-refractivity contribution is 7.80. The van der Waals surface area contributed by atoms with Gasteiger partial charge in [0.15, 0.2) is 5.11 Å². The van der Waals surface area contributed by atoms with Gasteiger partial charge in [-0.1, -0.05) is 29.3 Å². The summed E-state index contributed by atoms with van der Waals surface area (Å²) in [4.78, 5) is 6.58. The Labute approximate surface area is 167 Å². The summed E-state index contributed by atoms with van der Waals surface area (Å²) in [5, 5.41) is 5.29. The Morgan fingerprint density at radius 3 is 2.69 bits per heavy atom. The molecule has 3 aromatic rings. The van der Waals surface area contributed by atoms with E-state index in [0.29, 0.717) is 15.2 Å². The monoisotopic (exact) mass is 402 g/mol. The van der Waals surface area contributed by atoms with Gasteiger partial charge in [-0.25, -0.2) is 0 Å². The van der Waals surface area contributed by atoms with E-state index < -0.39 is 0 Å². The van der Waals surface area contributed by atoms with Gasteiger partial charge in [-0.3, -0.25) is 4.98 Å². The van der Waals surface area contributed by atoms with Crippen LogP contribution in [0.3, 0.4) is 0 Å². The molecule has 0 spiro atoms. The van der Waals surface area contributed by atoms with Gasteiger partial charge in [0.25, 0.3) is 0 Å². The maximum atomic E-state index is 6.45. The quantitative estimate of drug-likeness (QED) is 0.638. The van der Waals surface area contributed by atoms with Gasteiger partial charge in [0.05, 0.1) is 28.5 Å². The van der Waals surface area contributed by atoms with E-state index in [4.69, 9.17) is 35.4 Å². The van der Waals surface area contributed by atoms with Gasteiger partial charge in [0.2, 0.25) is 0 Å². The molecule has 2 atom stereocenters. The molecule has 1 aromatic carbocycles. The molecule has 1 N–H and O–H groups in total. The minimum absolute atomic E-state index is 0.0147. The van der Waals surface area contributed by atoms with Crippen molar-refractivity contribution >= 4 is 40.5 Å². The first-order chi connectivity index (χ1) is 12.6. The molecular formula is C19H16Cl2N4S. The Bertz CT molecular complexity index is 957. The summed E-state index contributed by atoms with van der Waals surface area (Å²) in [6.45, 7) is 0. The second-order valence-electron chi connectivity index (χ2n) is 6.14. The molecule has 0 unspecified atom stereocenters. The smallest absolute Gasteiger partial charge is 0.169 e. The number of nitrogens with zero attached hydrogens (tertiary/aromatic N) is 3. The molecule has 0 bridgehead atoms. The van der Waals surface area contributed by atoms with E-state index >= 15 is 0 Å². The molecule has 26 heavy (non-hydrogen) atoms. The lowest BCUT2D eigenvalue weighted by molar-refractivity contribution is 0.357. The molecule has 1 aliphatic heterocycles. The normalized spacial score (nSPS) is 19.7. The van der Waals surface area contributed by atoms with Gasteiger partial charge in [-0.2, -0.15) is 0 Å². The molecule has 1 aliphatic rings. The number of hydrogen-bond acceptors (Lipinski definition) is 2. The average molecular weight is 403 g/mol. The van der Waals surface area contributed by atoms with E-state index in [0.717, 1.165) is 17.1 Å². The number of pyridine rings is 1. The number of hydrogen-bond donors (Lipinski definition) is 1. The molecule has 132 valence electrons. The van der Waals surface area contributed by atoms with Crippen molar-refractivity contribution < 1.29 is 0 Å². The third kappa shape index (κ3) is 2.96. The van der Waals surface area contributed by atoms with E-state index in [9.17, 15) is 0 Å². The number of halogens is 2. The van der Waals surface area contributed by atoms with Crippen molar-refractivity contribution in [1.82, 2.24) is 19.8 Å². The zero-order valence-electron chi connectivity index (χ0n) is 13.9. The first-order valence-corrected chi connectivity index (χ1v) is 9.29. The fourth-order valence-electron chi connectivity index (χ4n) is 3.36. The fraction of sp³-hybridized carbons (Fsp3) is 0.158. The highest BCUT2D eigenvalue weighted by Crippen LogP contribution is 2.39. The lowest BCUT2D eigenvalue weighted by atomic mass is 10.0. The van der Waals surface area contributed by atoms with E-state index in [2.05, 4.69) is 25.8 Å². The van der Waals surface area contributed by atoms with Gasteiger partial charge >= 0.3 is 0 Å². The Morgan fingerprint density at radius 1 is 1.12 bits per heavy atom. The van der Waals surface area contributed by atoms with Crippen LogP contribution in [0.25, 0.3) is 5.69 Å². The second kappa shape index (κ2) is 6.91. The van der Waals surface area contributed by atoms with E-state index in [-0.39, 0.29) is 12.1 Å². The molecule has 4 nitrogen and oxygen atoms in total. The number of thiocarbonyl (C=S) groups is 1. The predicted molar refractivity (Wildman–Crippen MR) is 109 cm³/mol. The average Bonchev–Trinajstić information content (AvgIpc) is 3.21. The van der Waals surface area contributed by atoms with Crippen molar-refractivity contribution in [3.63, 3.8) is 0 Å². The highest BCUT2D eigenvalue weighted by Gasteiger charge is 2.39. The van der Waals surface area contributed by atoms with Crippen molar-refractivity contribution in [1.29, 1.82) is 0 Å². The van der Waals surface area contributed by atoms with Crippen LogP contribution in [0.4, 0.5) is 0 Å². The maximum absolute atomic E-state index is 6.45. The number of nitrogens with one attached hydrogen (secondary N) is 1. The molecule has 1 fully saturated rings. The molecule has 0 radical (unpaired) electrons. The van der Waals surface area contributed by atoms with Crippen LogP contribution in [0.5, 0.6) is 0 Å². The Hall–Kier alpha value is -2.08. The van der Waals surface area contributed by atoms with Gasteiger partial charge in [0, 0.05) is 30.2 Å². The van der Waals surface area contributed by atoms with Gasteiger partial charge in [0.1, 0.15) is 0 Å².